The Bertz CT molecular complexity index is 166. The largest absolute Gasteiger partial charge is 0.759 e. The summed E-state index contributed by atoms with van der Waals surface area (Å²) in [5.41, 5.74) is -5.04. The molecule has 0 aliphatic rings. The van der Waals surface area contributed by atoms with E-state index in [1.807, 2.05) is 0 Å². The Morgan fingerprint density at radius 2 is 1.70 bits per heavy atom. The number of hydrogen-bond acceptors (Lipinski definition) is 3. The number of nitrogens with one attached hydrogen (secondary N) is 1. The zero-order valence-electron chi connectivity index (χ0n) is 4.18. The Balaban J connectivity index is 3.99. The maximum absolute atomic E-state index is 11.2. The van der Waals surface area contributed by atoms with Crippen LogP contribution in [0.2, 0.25) is 0 Å². The van der Waals surface area contributed by atoms with Crippen LogP contribution in [-0.2, 0) is 22.3 Å². The van der Waals surface area contributed by atoms with Crippen molar-refractivity contribution in [1.29, 1.82) is 0 Å². The quantitative estimate of drug-likeness (QED) is 0.608. The zero-order valence-corrected chi connectivity index (χ0v) is 5.81. The first-order chi connectivity index (χ1) is 4.34. The predicted molar refractivity (Wildman–Crippen MR) is 26.3 cm³/mol. The molecule has 4 nitrogen and oxygen atoms in total. The lowest BCUT2D eigenvalue weighted by Gasteiger charge is -2.08. The van der Waals surface area contributed by atoms with Crippen LogP contribution >= 0.6 is 0 Å². The minimum atomic E-state index is -5.04. The molecule has 10 heavy (non-hydrogen) atoms. The van der Waals surface area contributed by atoms with Gasteiger partial charge in [-0.2, -0.15) is 17.3 Å². The number of alkyl halides is 3. The Hall–Kier alpha value is 0.01000. The summed E-state index contributed by atoms with van der Waals surface area (Å²) < 4.78 is 62.9. The van der Waals surface area contributed by atoms with Gasteiger partial charge in [0.05, 0.1) is 0 Å². The van der Waals surface area contributed by atoms with Crippen LogP contribution in [0.15, 0.2) is 0 Å². The summed E-state index contributed by atoms with van der Waals surface area (Å²) in [6.45, 7) is 0. The second kappa shape index (κ2) is 3.42. The van der Waals surface area contributed by atoms with Crippen LogP contribution in [0.5, 0.6) is 0 Å². The van der Waals surface area contributed by atoms with Crippen molar-refractivity contribution in [2.45, 2.75) is 5.51 Å². The highest BCUT2D eigenvalue weighted by molar-refractivity contribution is 7.96. The van der Waals surface area contributed by atoms with Crippen molar-refractivity contribution < 1.29 is 26.1 Å². The van der Waals surface area contributed by atoms with Gasteiger partial charge < -0.3 is 4.55 Å². The van der Waals surface area contributed by atoms with Gasteiger partial charge in [0.15, 0.2) is 0 Å². The minimum absolute atomic E-state index is 0.747. The molecular weight excluding hydrogens is 195 g/mol. The van der Waals surface area contributed by atoms with E-state index in [0.717, 1.165) is 4.13 Å². The normalized spacial score (nSPS) is 18.4. The van der Waals surface area contributed by atoms with Gasteiger partial charge in [0.25, 0.3) is 0 Å². The Morgan fingerprint density at radius 3 is 1.80 bits per heavy atom. The molecule has 0 spiro atoms. The van der Waals surface area contributed by atoms with E-state index in [9.17, 15) is 26.1 Å². The molecule has 0 aliphatic carbocycles. The van der Waals surface area contributed by atoms with Crippen molar-refractivity contribution in [1.82, 2.24) is 4.13 Å². The molecule has 1 N–H and O–H groups in total. The molecular formula is CHF3NO3S2-. The van der Waals surface area contributed by atoms with E-state index in [4.69, 9.17) is 0 Å². The fourth-order valence-electron chi connectivity index (χ4n) is 0.109. The van der Waals surface area contributed by atoms with Crippen molar-refractivity contribution in [3.8, 4) is 0 Å². The van der Waals surface area contributed by atoms with Crippen molar-refractivity contribution in [3.63, 3.8) is 0 Å². The van der Waals surface area contributed by atoms with Gasteiger partial charge in [0.1, 0.15) is 0 Å². The molecule has 0 aromatic heterocycles. The van der Waals surface area contributed by atoms with Crippen molar-refractivity contribution in [3.05, 3.63) is 0 Å². The van der Waals surface area contributed by atoms with E-state index in [1.54, 1.807) is 0 Å². The Kier molecular flexibility index (Phi) is 3.42. The van der Waals surface area contributed by atoms with Crippen LogP contribution in [0.25, 0.3) is 0 Å². The second-order valence-corrected chi connectivity index (χ2v) is 3.17. The molecule has 9 heteroatoms. The summed E-state index contributed by atoms with van der Waals surface area (Å²) in [5.74, 6) is 0. The van der Waals surface area contributed by atoms with E-state index in [2.05, 4.69) is 0 Å². The summed E-state index contributed by atoms with van der Waals surface area (Å²) in [7, 11) is -3.53. The monoisotopic (exact) mass is 196 g/mol. The first-order valence-corrected chi connectivity index (χ1v) is 3.90. The SMILES string of the molecule is O=S([O-])NS(=O)C(F)(F)F. The number of hydrogen-bond donors (Lipinski definition) is 1. The lowest BCUT2D eigenvalue weighted by atomic mass is 11.6. The highest BCUT2D eigenvalue weighted by Gasteiger charge is 2.37. The summed E-state index contributed by atoms with van der Waals surface area (Å²) in [4.78, 5) is 0. The summed E-state index contributed by atoms with van der Waals surface area (Å²) >= 11 is -3.16. The van der Waals surface area contributed by atoms with Crippen LogP contribution in [-0.4, -0.2) is 18.5 Å². The average Bonchev–Trinajstić information content (AvgIpc) is 1.60. The number of rotatable bonds is 2. The third-order valence-electron chi connectivity index (χ3n) is 0.354. The summed E-state index contributed by atoms with van der Waals surface area (Å²) in [5, 5.41) is 0. The Labute approximate surface area is 58.8 Å². The van der Waals surface area contributed by atoms with Crippen LogP contribution in [0.4, 0.5) is 13.2 Å². The van der Waals surface area contributed by atoms with Crippen molar-refractivity contribution in [2.24, 2.45) is 0 Å². The topological polar surface area (TPSA) is 69.2 Å². The lowest BCUT2D eigenvalue weighted by molar-refractivity contribution is -0.0389. The van der Waals surface area contributed by atoms with Crippen LogP contribution in [0, 0.1) is 0 Å². The standard InChI is InChI=1S/CH2F3NO3S2/c2-1(3,4)9(6)5-10(7)8/h5H,(H,7,8)/p-1. The van der Waals surface area contributed by atoms with Gasteiger partial charge >= 0.3 is 5.51 Å². The molecule has 0 heterocycles. The molecule has 0 saturated heterocycles. The van der Waals surface area contributed by atoms with E-state index in [-0.39, 0.29) is 0 Å². The smallest absolute Gasteiger partial charge is 0.486 e. The number of halogens is 3. The molecule has 0 aliphatic heterocycles. The third-order valence-corrected chi connectivity index (χ3v) is 1.92. The first kappa shape index (κ1) is 10.0. The van der Waals surface area contributed by atoms with E-state index in [1.165, 1.54) is 0 Å². The van der Waals surface area contributed by atoms with Gasteiger partial charge in [0.2, 0.25) is 11.0 Å². The molecule has 2 atom stereocenters. The van der Waals surface area contributed by atoms with Crippen LogP contribution in [0.1, 0.15) is 0 Å². The van der Waals surface area contributed by atoms with Crippen molar-refractivity contribution in [2.75, 3.05) is 0 Å². The van der Waals surface area contributed by atoms with Crippen LogP contribution < -0.4 is 4.13 Å². The van der Waals surface area contributed by atoms with E-state index < -0.39 is 27.8 Å². The highest BCUT2D eigenvalue weighted by atomic mass is 32.3. The maximum Gasteiger partial charge on any atom is 0.486 e. The zero-order chi connectivity index (χ0) is 8.36. The molecule has 62 valence electrons. The maximum atomic E-state index is 11.2. The molecule has 0 aromatic rings. The van der Waals surface area contributed by atoms with Gasteiger partial charge in [0, 0.05) is 11.3 Å². The first-order valence-electron chi connectivity index (χ1n) is 1.68. The van der Waals surface area contributed by atoms with Gasteiger partial charge in [-0.1, -0.05) is 0 Å². The van der Waals surface area contributed by atoms with Crippen LogP contribution in [0.3, 0.4) is 0 Å². The van der Waals surface area contributed by atoms with E-state index >= 15 is 0 Å². The summed E-state index contributed by atoms with van der Waals surface area (Å²) in [6, 6.07) is 0. The molecule has 0 aromatic carbocycles. The third kappa shape index (κ3) is 3.93. The highest BCUT2D eigenvalue weighted by Crippen LogP contribution is 2.17. The molecule has 0 saturated carbocycles. The second-order valence-electron chi connectivity index (χ2n) is 1.03. The van der Waals surface area contributed by atoms with Crippen molar-refractivity contribution >= 4 is 22.3 Å². The molecule has 2 unspecified atom stereocenters. The molecule has 0 radical (unpaired) electrons. The fraction of sp³-hybridized carbons (Fsp3) is 1.00. The summed E-state index contributed by atoms with van der Waals surface area (Å²) in [6.07, 6.45) is 0. The molecule has 0 amide bonds. The van der Waals surface area contributed by atoms with Gasteiger partial charge in [-0.15, -0.1) is 0 Å². The van der Waals surface area contributed by atoms with Gasteiger partial charge in [-0.3, -0.25) is 4.21 Å². The fourth-order valence-corrected chi connectivity index (χ4v) is 0.981. The predicted octanol–water partition coefficient (Wildman–Crippen LogP) is -0.446. The van der Waals surface area contributed by atoms with Gasteiger partial charge in [-0.05, 0) is 0 Å². The van der Waals surface area contributed by atoms with E-state index in [0.29, 0.717) is 0 Å². The minimum Gasteiger partial charge on any atom is -0.759 e. The molecule has 0 fully saturated rings. The lowest BCUT2D eigenvalue weighted by Crippen LogP contribution is -2.31. The average molecular weight is 196 g/mol. The molecule has 0 bridgehead atoms. The van der Waals surface area contributed by atoms with Gasteiger partial charge in [-0.25, -0.2) is 4.21 Å². The Morgan fingerprint density at radius 1 is 1.30 bits per heavy atom. The molecule has 0 rings (SSSR count).